The summed E-state index contributed by atoms with van der Waals surface area (Å²) in [6.07, 6.45) is 1.86. The molecule has 5 heteroatoms. The molecule has 1 rings (SSSR count). The fraction of sp³-hybridized carbons (Fsp3) is 0.923. The first-order chi connectivity index (χ1) is 8.25. The average molecular weight is 276 g/mol. The van der Waals surface area contributed by atoms with Gasteiger partial charge in [-0.2, -0.15) is 0 Å². The van der Waals surface area contributed by atoms with Crippen LogP contribution in [0.1, 0.15) is 46.5 Å². The van der Waals surface area contributed by atoms with Crippen molar-refractivity contribution in [3.63, 3.8) is 0 Å². The van der Waals surface area contributed by atoms with Gasteiger partial charge in [-0.25, -0.2) is 0 Å². The zero-order valence-electron chi connectivity index (χ0n) is 11.4. The normalized spacial score (nSPS) is 32.2. The molecule has 1 saturated carbocycles. The molecule has 0 aromatic carbocycles. The number of hydrogen-bond acceptors (Lipinski definition) is 3. The van der Waals surface area contributed by atoms with Crippen molar-refractivity contribution < 1.29 is 19.2 Å². The van der Waals surface area contributed by atoms with E-state index in [0.717, 1.165) is 0 Å². The van der Waals surface area contributed by atoms with Gasteiger partial charge in [0.25, 0.3) is 0 Å². The quantitative estimate of drug-likeness (QED) is 0.802. The van der Waals surface area contributed by atoms with Crippen molar-refractivity contribution in [2.75, 3.05) is 5.75 Å². The van der Waals surface area contributed by atoms with E-state index in [9.17, 15) is 14.1 Å². The smallest absolute Gasteiger partial charge is 0.306 e. The van der Waals surface area contributed by atoms with E-state index in [2.05, 4.69) is 0 Å². The highest BCUT2D eigenvalue weighted by Gasteiger charge is 2.37. The first-order valence-electron chi connectivity index (χ1n) is 6.57. The minimum atomic E-state index is -1.05. The zero-order chi connectivity index (χ0) is 13.9. The molecule has 0 spiro atoms. The van der Waals surface area contributed by atoms with Gasteiger partial charge in [-0.1, -0.05) is 20.8 Å². The van der Waals surface area contributed by atoms with Crippen LogP contribution in [0.2, 0.25) is 0 Å². The molecule has 0 amide bonds. The van der Waals surface area contributed by atoms with Crippen molar-refractivity contribution in [1.29, 1.82) is 0 Å². The van der Waals surface area contributed by atoms with E-state index in [4.69, 9.17) is 5.11 Å². The summed E-state index contributed by atoms with van der Waals surface area (Å²) in [5, 5.41) is 19.4. The number of hydrogen-bond donors (Lipinski definition) is 2. The molecule has 2 unspecified atom stereocenters. The first kappa shape index (κ1) is 15.6. The van der Waals surface area contributed by atoms with Crippen LogP contribution in [0.4, 0.5) is 0 Å². The van der Waals surface area contributed by atoms with Crippen molar-refractivity contribution in [2.24, 2.45) is 11.8 Å². The van der Waals surface area contributed by atoms with E-state index >= 15 is 0 Å². The van der Waals surface area contributed by atoms with Crippen LogP contribution in [0.3, 0.4) is 0 Å². The van der Waals surface area contributed by atoms with Crippen LogP contribution in [-0.4, -0.2) is 37.0 Å². The second-order valence-corrected chi connectivity index (χ2v) is 7.60. The van der Waals surface area contributed by atoms with E-state index in [1.54, 1.807) is 0 Å². The maximum atomic E-state index is 12.1. The third-order valence-corrected chi connectivity index (χ3v) is 6.23. The monoisotopic (exact) mass is 276 g/mol. The molecule has 0 aromatic rings. The van der Waals surface area contributed by atoms with E-state index in [1.165, 1.54) is 0 Å². The highest BCUT2D eigenvalue weighted by Crippen LogP contribution is 2.33. The zero-order valence-corrected chi connectivity index (χ0v) is 12.2. The third-order valence-electron chi connectivity index (χ3n) is 4.03. The van der Waals surface area contributed by atoms with Gasteiger partial charge in [0.15, 0.2) is 0 Å². The Hall–Kier alpha value is -0.420. The summed E-state index contributed by atoms with van der Waals surface area (Å²) in [5.74, 6) is -0.529. The van der Waals surface area contributed by atoms with Crippen molar-refractivity contribution in [1.82, 2.24) is 0 Å². The van der Waals surface area contributed by atoms with Crippen LogP contribution in [-0.2, 0) is 15.6 Å². The van der Waals surface area contributed by atoms with Crippen LogP contribution in [0.5, 0.6) is 0 Å². The molecule has 4 nitrogen and oxygen atoms in total. The maximum absolute atomic E-state index is 12.1. The molecule has 106 valence electrons. The molecule has 0 bridgehead atoms. The van der Waals surface area contributed by atoms with Crippen molar-refractivity contribution in [2.45, 2.75) is 57.3 Å². The number of rotatable bonds is 5. The summed E-state index contributed by atoms with van der Waals surface area (Å²) in [5.41, 5.74) is -0.931. The van der Waals surface area contributed by atoms with Gasteiger partial charge in [-0.05, 0) is 31.6 Å². The minimum Gasteiger partial charge on any atom is -0.481 e. The molecule has 0 heterocycles. The predicted molar refractivity (Wildman–Crippen MR) is 71.9 cm³/mol. The minimum absolute atomic E-state index is 0.0613. The number of carboxylic acids is 1. The van der Waals surface area contributed by atoms with E-state index in [1.807, 2.05) is 20.8 Å². The molecule has 1 aliphatic carbocycles. The van der Waals surface area contributed by atoms with E-state index < -0.39 is 22.4 Å². The lowest BCUT2D eigenvalue weighted by Gasteiger charge is -2.35. The second kappa shape index (κ2) is 6.15. The molecule has 0 aliphatic heterocycles. The lowest BCUT2D eigenvalue weighted by molar-refractivity contribution is -0.144. The summed E-state index contributed by atoms with van der Waals surface area (Å²) < 4.78 is 12.1. The van der Waals surface area contributed by atoms with Crippen LogP contribution < -0.4 is 0 Å². The van der Waals surface area contributed by atoms with Gasteiger partial charge in [0.05, 0.1) is 17.3 Å². The molecule has 2 N–H and O–H groups in total. The van der Waals surface area contributed by atoms with Crippen LogP contribution in [0, 0.1) is 11.8 Å². The molecule has 0 aromatic heterocycles. The largest absolute Gasteiger partial charge is 0.481 e. The highest BCUT2D eigenvalue weighted by molar-refractivity contribution is 7.85. The molecule has 2 atom stereocenters. The van der Waals surface area contributed by atoms with E-state index in [-0.39, 0.29) is 16.9 Å². The molecule has 1 fully saturated rings. The van der Waals surface area contributed by atoms with Crippen LogP contribution in [0.15, 0.2) is 0 Å². The molecule has 0 saturated heterocycles. The standard InChI is InChI=1S/C13H24O4S/c1-9(2)10(3)18(17)8-13(16)6-4-11(5-7-13)12(14)15/h9-11,16H,4-8H2,1-3H3,(H,14,15). The number of aliphatic hydroxyl groups is 1. The molecule has 1 aliphatic rings. The number of aliphatic carboxylic acids is 1. The molecule has 0 radical (unpaired) electrons. The first-order valence-corrected chi connectivity index (χ1v) is 7.96. The fourth-order valence-electron chi connectivity index (χ4n) is 2.25. The second-order valence-electron chi connectivity index (χ2n) is 5.81. The summed E-state index contributed by atoms with van der Waals surface area (Å²) in [6.45, 7) is 5.98. The Balaban J connectivity index is 2.53. The number of carbonyl (C=O) groups is 1. The third kappa shape index (κ3) is 4.05. The Morgan fingerprint density at radius 2 is 1.83 bits per heavy atom. The Bertz CT molecular complexity index is 319. The Morgan fingerprint density at radius 3 is 2.22 bits per heavy atom. The van der Waals surface area contributed by atoms with E-state index in [0.29, 0.717) is 31.6 Å². The Labute approximate surface area is 111 Å². The summed E-state index contributed by atoms with van der Waals surface area (Å²) >= 11 is 0. The lowest BCUT2D eigenvalue weighted by atomic mass is 9.80. The average Bonchev–Trinajstić information content (AvgIpc) is 2.27. The Morgan fingerprint density at radius 1 is 1.33 bits per heavy atom. The van der Waals surface area contributed by atoms with Gasteiger partial charge < -0.3 is 10.2 Å². The maximum Gasteiger partial charge on any atom is 0.306 e. The van der Waals surface area contributed by atoms with Crippen molar-refractivity contribution in [3.8, 4) is 0 Å². The molecular formula is C13H24O4S. The van der Waals surface area contributed by atoms with Gasteiger partial charge in [-0.15, -0.1) is 0 Å². The summed E-state index contributed by atoms with van der Waals surface area (Å²) in [6, 6.07) is 0. The van der Waals surface area contributed by atoms with Gasteiger partial charge in [-0.3, -0.25) is 9.00 Å². The summed E-state index contributed by atoms with van der Waals surface area (Å²) in [4.78, 5) is 10.8. The van der Waals surface area contributed by atoms with Gasteiger partial charge >= 0.3 is 5.97 Å². The van der Waals surface area contributed by atoms with Gasteiger partial charge in [0.1, 0.15) is 0 Å². The SMILES string of the molecule is CC(C)C(C)S(=O)CC1(O)CCC(C(=O)O)CC1. The lowest BCUT2D eigenvalue weighted by Crippen LogP contribution is -2.42. The van der Waals surface area contributed by atoms with Crippen LogP contribution >= 0.6 is 0 Å². The molecule has 18 heavy (non-hydrogen) atoms. The van der Waals surface area contributed by atoms with Crippen molar-refractivity contribution in [3.05, 3.63) is 0 Å². The van der Waals surface area contributed by atoms with Gasteiger partial charge in [0, 0.05) is 16.0 Å². The van der Waals surface area contributed by atoms with Crippen LogP contribution in [0.25, 0.3) is 0 Å². The summed E-state index contributed by atoms with van der Waals surface area (Å²) in [7, 11) is -1.05. The number of carboxylic acid groups (broad SMARTS) is 1. The highest BCUT2D eigenvalue weighted by atomic mass is 32.2. The Kier molecular flexibility index (Phi) is 5.34. The fourth-order valence-corrected chi connectivity index (χ4v) is 3.93. The van der Waals surface area contributed by atoms with Crippen molar-refractivity contribution >= 4 is 16.8 Å². The topological polar surface area (TPSA) is 74.6 Å². The molecular weight excluding hydrogens is 252 g/mol. The predicted octanol–water partition coefficient (Wildman–Crippen LogP) is 1.79. The van der Waals surface area contributed by atoms with Gasteiger partial charge in [0.2, 0.25) is 0 Å².